The van der Waals surface area contributed by atoms with Crippen molar-refractivity contribution < 1.29 is 13.9 Å². The zero-order valence-corrected chi connectivity index (χ0v) is 12.7. The maximum absolute atomic E-state index is 13.3. The summed E-state index contributed by atoms with van der Waals surface area (Å²) in [6.45, 7) is 0.379. The largest absolute Gasteiger partial charge is 0.488 e. The van der Waals surface area contributed by atoms with E-state index in [4.69, 9.17) is 16.3 Å². The average Bonchev–Trinajstić information content (AvgIpc) is 3.11. The summed E-state index contributed by atoms with van der Waals surface area (Å²) in [6.07, 6.45) is 1.84. The molecule has 0 bridgehead atoms. The third-order valence-corrected chi connectivity index (χ3v) is 4.13. The molecule has 114 valence electrons. The fourth-order valence-corrected chi connectivity index (χ4v) is 2.89. The SMILES string of the molecule is O=C1Nc2cc(F)ccc2C1=C1C=C(c2ccc(Cl)cc2)CO1. The van der Waals surface area contributed by atoms with Crippen molar-refractivity contribution in [3.63, 3.8) is 0 Å². The Hall–Kier alpha value is -2.59. The average molecular weight is 328 g/mol. The number of benzene rings is 2. The number of ether oxygens (including phenoxy) is 1. The molecule has 0 unspecified atom stereocenters. The minimum atomic E-state index is -0.389. The van der Waals surface area contributed by atoms with E-state index >= 15 is 0 Å². The van der Waals surface area contributed by atoms with E-state index < -0.39 is 0 Å². The van der Waals surface area contributed by atoms with Gasteiger partial charge in [-0.3, -0.25) is 4.79 Å². The van der Waals surface area contributed by atoms with Gasteiger partial charge in [0.15, 0.2) is 0 Å². The molecule has 2 aromatic rings. The van der Waals surface area contributed by atoms with Gasteiger partial charge in [0.2, 0.25) is 0 Å². The molecule has 2 aliphatic rings. The Morgan fingerprint density at radius 1 is 1.13 bits per heavy atom. The van der Waals surface area contributed by atoms with E-state index in [9.17, 15) is 9.18 Å². The van der Waals surface area contributed by atoms with Crippen LogP contribution < -0.4 is 5.32 Å². The van der Waals surface area contributed by atoms with E-state index in [0.717, 1.165) is 11.1 Å². The number of hydrogen-bond donors (Lipinski definition) is 1. The molecule has 1 amide bonds. The number of carbonyl (C=O) groups excluding carboxylic acids is 1. The Balaban J connectivity index is 1.78. The van der Waals surface area contributed by atoms with Gasteiger partial charge >= 0.3 is 0 Å². The molecule has 23 heavy (non-hydrogen) atoms. The Bertz CT molecular complexity index is 884. The molecule has 3 nitrogen and oxygen atoms in total. The zero-order chi connectivity index (χ0) is 16.0. The maximum atomic E-state index is 13.3. The Labute approximate surface area is 137 Å². The highest BCUT2D eigenvalue weighted by Crippen LogP contribution is 2.38. The number of allylic oxidation sites excluding steroid dienone is 1. The summed E-state index contributed by atoms with van der Waals surface area (Å²) >= 11 is 5.90. The molecule has 0 spiro atoms. The van der Waals surface area contributed by atoms with Crippen molar-refractivity contribution in [1.29, 1.82) is 0 Å². The minimum absolute atomic E-state index is 0.283. The maximum Gasteiger partial charge on any atom is 0.260 e. The van der Waals surface area contributed by atoms with Crippen LogP contribution in [0.25, 0.3) is 11.1 Å². The van der Waals surface area contributed by atoms with Crippen molar-refractivity contribution in [1.82, 2.24) is 0 Å². The number of halogens is 2. The van der Waals surface area contributed by atoms with Crippen LogP contribution in [0.3, 0.4) is 0 Å². The Morgan fingerprint density at radius 3 is 2.70 bits per heavy atom. The molecule has 0 radical (unpaired) electrons. The van der Waals surface area contributed by atoms with Crippen molar-refractivity contribution >= 4 is 34.3 Å². The summed E-state index contributed by atoms with van der Waals surface area (Å²) in [5.74, 6) is -0.174. The summed E-state index contributed by atoms with van der Waals surface area (Å²) < 4.78 is 19.0. The zero-order valence-electron chi connectivity index (χ0n) is 11.9. The van der Waals surface area contributed by atoms with Crippen molar-refractivity contribution in [2.45, 2.75) is 0 Å². The fraction of sp³-hybridized carbons (Fsp3) is 0.0556. The topological polar surface area (TPSA) is 38.3 Å². The normalized spacial score (nSPS) is 19.2. The van der Waals surface area contributed by atoms with Gasteiger partial charge in [0, 0.05) is 16.2 Å². The van der Waals surface area contributed by atoms with Crippen molar-refractivity contribution in [2.24, 2.45) is 0 Å². The lowest BCUT2D eigenvalue weighted by Crippen LogP contribution is -2.05. The number of rotatable bonds is 1. The third kappa shape index (κ3) is 2.41. The number of fused-ring (bicyclic) bond motifs is 1. The second-order valence-corrected chi connectivity index (χ2v) is 5.78. The van der Waals surface area contributed by atoms with Gasteiger partial charge in [-0.1, -0.05) is 23.7 Å². The van der Waals surface area contributed by atoms with Crippen LogP contribution in [0.2, 0.25) is 5.02 Å². The summed E-state index contributed by atoms with van der Waals surface area (Å²) in [4.78, 5) is 12.2. The first-order chi connectivity index (χ1) is 11.1. The molecule has 0 saturated carbocycles. The van der Waals surface area contributed by atoms with Gasteiger partial charge in [-0.2, -0.15) is 0 Å². The standard InChI is InChI=1S/C18H11ClFNO2/c19-12-3-1-10(2-4-12)11-7-16(23-9-11)17-14-6-5-13(20)8-15(14)21-18(17)22/h1-8H,9H2,(H,21,22). The molecule has 1 N–H and O–H groups in total. The van der Waals surface area contributed by atoms with E-state index in [-0.39, 0.29) is 11.7 Å². The number of carbonyl (C=O) groups is 1. The summed E-state index contributed by atoms with van der Waals surface area (Å²) in [5, 5.41) is 3.33. The predicted molar refractivity (Wildman–Crippen MR) is 87.3 cm³/mol. The number of nitrogens with one attached hydrogen (secondary N) is 1. The number of anilines is 1. The lowest BCUT2D eigenvalue weighted by atomic mass is 10.0. The van der Waals surface area contributed by atoms with Crippen molar-refractivity contribution in [2.75, 3.05) is 11.9 Å². The van der Waals surface area contributed by atoms with Gasteiger partial charge in [-0.05, 0) is 42.0 Å². The van der Waals surface area contributed by atoms with Crippen LogP contribution in [0.4, 0.5) is 10.1 Å². The van der Waals surface area contributed by atoms with E-state index in [1.165, 1.54) is 12.1 Å². The fourth-order valence-electron chi connectivity index (χ4n) is 2.76. The molecular weight excluding hydrogens is 317 g/mol. The lowest BCUT2D eigenvalue weighted by molar-refractivity contribution is -0.110. The molecule has 2 aliphatic heterocycles. The van der Waals surface area contributed by atoms with Gasteiger partial charge in [0.05, 0.1) is 11.3 Å². The highest BCUT2D eigenvalue weighted by atomic mass is 35.5. The van der Waals surface area contributed by atoms with Crippen LogP contribution in [0.1, 0.15) is 11.1 Å². The van der Waals surface area contributed by atoms with E-state index in [0.29, 0.717) is 34.2 Å². The van der Waals surface area contributed by atoms with Crippen LogP contribution in [0, 0.1) is 5.82 Å². The van der Waals surface area contributed by atoms with Gasteiger partial charge in [0.25, 0.3) is 5.91 Å². The van der Waals surface area contributed by atoms with Gasteiger partial charge in [-0.25, -0.2) is 4.39 Å². The monoisotopic (exact) mass is 327 g/mol. The van der Waals surface area contributed by atoms with E-state index in [1.54, 1.807) is 6.07 Å². The molecule has 0 atom stereocenters. The second kappa shape index (κ2) is 5.25. The molecule has 0 fully saturated rings. The first-order valence-electron chi connectivity index (χ1n) is 7.07. The van der Waals surface area contributed by atoms with Gasteiger partial charge in [-0.15, -0.1) is 0 Å². The molecule has 0 aromatic heterocycles. The van der Waals surface area contributed by atoms with Crippen molar-refractivity contribution in [3.05, 3.63) is 76.3 Å². The van der Waals surface area contributed by atoms with E-state index in [2.05, 4.69) is 5.32 Å². The van der Waals surface area contributed by atoms with Crippen LogP contribution in [-0.4, -0.2) is 12.5 Å². The molecule has 2 aromatic carbocycles. The molecule has 0 saturated heterocycles. The summed E-state index contributed by atoms with van der Waals surface area (Å²) in [5.41, 5.74) is 3.51. The first kappa shape index (κ1) is 14.0. The summed E-state index contributed by atoms with van der Waals surface area (Å²) in [7, 11) is 0. The molecule has 4 rings (SSSR count). The van der Waals surface area contributed by atoms with Gasteiger partial charge < -0.3 is 10.1 Å². The van der Waals surface area contributed by atoms with Crippen LogP contribution >= 0.6 is 11.6 Å². The predicted octanol–water partition coefficient (Wildman–Crippen LogP) is 4.26. The van der Waals surface area contributed by atoms with E-state index in [1.807, 2.05) is 30.3 Å². The third-order valence-electron chi connectivity index (χ3n) is 3.88. The quantitative estimate of drug-likeness (QED) is 0.795. The first-order valence-corrected chi connectivity index (χ1v) is 7.44. The van der Waals surface area contributed by atoms with Crippen LogP contribution in [0.15, 0.2) is 54.3 Å². The lowest BCUT2D eigenvalue weighted by Gasteiger charge is -2.03. The van der Waals surface area contributed by atoms with Crippen LogP contribution in [-0.2, 0) is 9.53 Å². The molecule has 5 heteroatoms. The van der Waals surface area contributed by atoms with Crippen molar-refractivity contribution in [3.8, 4) is 0 Å². The smallest absolute Gasteiger partial charge is 0.260 e. The summed E-state index contributed by atoms with van der Waals surface area (Å²) in [6, 6.07) is 11.7. The number of amides is 1. The minimum Gasteiger partial charge on any atom is -0.488 e. The molecule has 0 aliphatic carbocycles. The highest BCUT2D eigenvalue weighted by molar-refractivity contribution is 6.32. The number of hydrogen-bond acceptors (Lipinski definition) is 2. The Kier molecular flexibility index (Phi) is 3.20. The highest BCUT2D eigenvalue weighted by Gasteiger charge is 2.30. The molecule has 2 heterocycles. The van der Waals surface area contributed by atoms with Gasteiger partial charge in [0.1, 0.15) is 18.2 Å². The molecular formula is C18H11ClFNO2. The second-order valence-electron chi connectivity index (χ2n) is 5.35. The van der Waals surface area contributed by atoms with Crippen LogP contribution in [0.5, 0.6) is 0 Å². The Morgan fingerprint density at radius 2 is 1.91 bits per heavy atom.